The average molecular weight is 377 g/mol. The predicted molar refractivity (Wildman–Crippen MR) is 97.6 cm³/mol. The summed E-state index contributed by atoms with van der Waals surface area (Å²) >= 11 is 5.78. The van der Waals surface area contributed by atoms with Gasteiger partial charge in [0.05, 0.1) is 4.92 Å². The Morgan fingerprint density at radius 1 is 1.27 bits per heavy atom. The first-order chi connectivity index (χ1) is 12.3. The lowest BCUT2D eigenvalue weighted by molar-refractivity contribution is -0.385. The molecular weight excluding hydrogens is 360 g/mol. The van der Waals surface area contributed by atoms with Gasteiger partial charge in [-0.05, 0) is 36.6 Å². The maximum absolute atomic E-state index is 12.1. The van der Waals surface area contributed by atoms with Gasteiger partial charge < -0.3 is 10.1 Å². The molecule has 2 rings (SSSR count). The van der Waals surface area contributed by atoms with E-state index in [1.807, 2.05) is 32.0 Å². The van der Waals surface area contributed by atoms with Crippen LogP contribution in [0.15, 0.2) is 36.4 Å². The van der Waals surface area contributed by atoms with Gasteiger partial charge >= 0.3 is 5.97 Å². The van der Waals surface area contributed by atoms with Crippen molar-refractivity contribution in [3.63, 3.8) is 0 Å². The molecule has 0 heterocycles. The van der Waals surface area contributed by atoms with E-state index in [0.717, 1.165) is 29.7 Å². The van der Waals surface area contributed by atoms with Crippen LogP contribution in [0.1, 0.15) is 28.4 Å². The summed E-state index contributed by atoms with van der Waals surface area (Å²) in [7, 11) is 0. The number of aryl methyl sites for hydroxylation is 2. The van der Waals surface area contributed by atoms with Gasteiger partial charge in [-0.1, -0.05) is 36.7 Å². The van der Waals surface area contributed by atoms with Crippen molar-refractivity contribution in [1.29, 1.82) is 0 Å². The molecule has 2 aromatic carbocycles. The van der Waals surface area contributed by atoms with Crippen LogP contribution in [0.3, 0.4) is 0 Å². The molecule has 0 aliphatic heterocycles. The van der Waals surface area contributed by atoms with Crippen LogP contribution in [0, 0.1) is 17.0 Å². The minimum absolute atomic E-state index is 0.152. The average Bonchev–Trinajstić information content (AvgIpc) is 2.61. The van der Waals surface area contributed by atoms with E-state index in [-0.39, 0.29) is 10.6 Å². The lowest BCUT2D eigenvalue weighted by Gasteiger charge is -2.13. The molecular formula is C18H17ClN2O5. The van der Waals surface area contributed by atoms with Crippen LogP contribution >= 0.6 is 11.6 Å². The number of hydrogen-bond acceptors (Lipinski definition) is 5. The fourth-order valence-corrected chi connectivity index (χ4v) is 2.59. The lowest BCUT2D eigenvalue weighted by atomic mass is 10.1. The van der Waals surface area contributed by atoms with Gasteiger partial charge in [-0.2, -0.15) is 0 Å². The lowest BCUT2D eigenvalue weighted by Crippen LogP contribution is -2.22. The molecule has 0 fully saturated rings. The molecule has 0 bridgehead atoms. The van der Waals surface area contributed by atoms with Gasteiger partial charge in [-0.25, -0.2) is 4.79 Å². The van der Waals surface area contributed by atoms with E-state index < -0.39 is 29.1 Å². The molecule has 7 nitrogen and oxygen atoms in total. The van der Waals surface area contributed by atoms with Gasteiger partial charge in [0.15, 0.2) is 6.61 Å². The largest absolute Gasteiger partial charge is 0.452 e. The fraction of sp³-hybridized carbons (Fsp3) is 0.222. The van der Waals surface area contributed by atoms with Crippen molar-refractivity contribution in [1.82, 2.24) is 0 Å². The topological polar surface area (TPSA) is 98.5 Å². The molecule has 0 unspecified atom stereocenters. The summed E-state index contributed by atoms with van der Waals surface area (Å²) in [5, 5.41) is 13.9. The molecule has 0 aliphatic rings. The molecule has 0 radical (unpaired) electrons. The normalized spacial score (nSPS) is 10.3. The molecule has 8 heteroatoms. The molecule has 26 heavy (non-hydrogen) atoms. The van der Waals surface area contributed by atoms with Crippen LogP contribution in [0.25, 0.3) is 0 Å². The van der Waals surface area contributed by atoms with Crippen molar-refractivity contribution in [2.45, 2.75) is 20.3 Å². The molecule has 136 valence electrons. The number of nitro benzene ring substituents is 1. The van der Waals surface area contributed by atoms with Crippen molar-refractivity contribution in [2.24, 2.45) is 0 Å². The van der Waals surface area contributed by atoms with Crippen LogP contribution in [-0.4, -0.2) is 23.4 Å². The molecule has 1 N–H and O–H groups in total. The summed E-state index contributed by atoms with van der Waals surface area (Å²) in [5.74, 6) is -1.53. The van der Waals surface area contributed by atoms with Crippen LogP contribution in [-0.2, 0) is 16.0 Å². The number of para-hydroxylation sites is 1. The molecule has 0 atom stereocenters. The zero-order valence-electron chi connectivity index (χ0n) is 14.2. The number of amides is 1. The van der Waals surface area contributed by atoms with Crippen molar-refractivity contribution < 1.29 is 19.2 Å². The Morgan fingerprint density at radius 2 is 2.00 bits per heavy atom. The highest BCUT2D eigenvalue weighted by molar-refractivity contribution is 6.31. The Hall–Kier alpha value is -2.93. The SMILES string of the molecule is CCc1cccc(C)c1NC(=O)COC(=O)c1cc(Cl)ccc1[N+](=O)[O-]. The number of esters is 1. The highest BCUT2D eigenvalue weighted by Crippen LogP contribution is 2.24. The van der Waals surface area contributed by atoms with Gasteiger partial charge in [-0.15, -0.1) is 0 Å². The fourth-order valence-electron chi connectivity index (χ4n) is 2.42. The monoisotopic (exact) mass is 376 g/mol. The quantitative estimate of drug-likeness (QED) is 0.468. The highest BCUT2D eigenvalue weighted by atomic mass is 35.5. The van der Waals surface area contributed by atoms with Crippen molar-refractivity contribution in [2.75, 3.05) is 11.9 Å². The van der Waals surface area contributed by atoms with Crippen molar-refractivity contribution >= 4 is 34.9 Å². The molecule has 0 saturated carbocycles. The van der Waals surface area contributed by atoms with E-state index in [1.54, 1.807) is 0 Å². The second-order valence-electron chi connectivity index (χ2n) is 5.51. The Balaban J connectivity index is 2.08. The van der Waals surface area contributed by atoms with Gasteiger partial charge in [-0.3, -0.25) is 14.9 Å². The number of benzene rings is 2. The summed E-state index contributed by atoms with van der Waals surface area (Å²) in [6, 6.07) is 9.19. The first kappa shape index (κ1) is 19.4. The second kappa shape index (κ2) is 8.44. The van der Waals surface area contributed by atoms with E-state index in [4.69, 9.17) is 16.3 Å². The van der Waals surface area contributed by atoms with Crippen LogP contribution in [0.4, 0.5) is 11.4 Å². The zero-order chi connectivity index (χ0) is 19.3. The van der Waals surface area contributed by atoms with E-state index in [9.17, 15) is 19.7 Å². The summed E-state index contributed by atoms with van der Waals surface area (Å²) < 4.78 is 4.91. The number of carbonyl (C=O) groups excluding carboxylic acids is 2. The van der Waals surface area contributed by atoms with Crippen LogP contribution in [0.2, 0.25) is 5.02 Å². The first-order valence-electron chi connectivity index (χ1n) is 7.83. The van der Waals surface area contributed by atoms with E-state index >= 15 is 0 Å². The molecule has 0 spiro atoms. The number of anilines is 1. The number of ether oxygens (including phenoxy) is 1. The number of halogens is 1. The minimum atomic E-state index is -0.991. The Kier molecular flexibility index (Phi) is 6.30. The second-order valence-corrected chi connectivity index (χ2v) is 5.94. The third-order valence-electron chi connectivity index (χ3n) is 3.71. The number of nitrogens with zero attached hydrogens (tertiary/aromatic N) is 1. The molecule has 0 saturated heterocycles. The number of carbonyl (C=O) groups is 2. The third kappa shape index (κ3) is 4.58. The Morgan fingerprint density at radius 3 is 2.65 bits per heavy atom. The summed E-state index contributed by atoms with van der Waals surface area (Å²) in [5.41, 5.74) is 1.77. The maximum atomic E-state index is 12.1. The summed E-state index contributed by atoms with van der Waals surface area (Å²) in [4.78, 5) is 34.5. The number of rotatable bonds is 6. The number of hydrogen-bond donors (Lipinski definition) is 1. The highest BCUT2D eigenvalue weighted by Gasteiger charge is 2.22. The summed E-state index contributed by atoms with van der Waals surface area (Å²) in [6.45, 7) is 3.25. The van der Waals surface area contributed by atoms with Crippen LogP contribution < -0.4 is 5.32 Å². The van der Waals surface area contributed by atoms with Gasteiger partial charge in [0.25, 0.3) is 11.6 Å². The molecule has 0 aliphatic carbocycles. The summed E-state index contributed by atoms with van der Waals surface area (Å²) in [6.07, 6.45) is 0.728. The predicted octanol–water partition coefficient (Wildman–Crippen LogP) is 3.91. The maximum Gasteiger partial charge on any atom is 0.345 e. The smallest absolute Gasteiger partial charge is 0.345 e. The van der Waals surface area contributed by atoms with E-state index in [2.05, 4.69) is 5.32 Å². The van der Waals surface area contributed by atoms with Crippen molar-refractivity contribution in [3.05, 3.63) is 68.2 Å². The van der Waals surface area contributed by atoms with E-state index in [1.165, 1.54) is 6.07 Å². The van der Waals surface area contributed by atoms with Gasteiger partial charge in [0.1, 0.15) is 5.56 Å². The zero-order valence-corrected chi connectivity index (χ0v) is 15.0. The molecule has 0 aromatic heterocycles. The number of nitrogens with one attached hydrogen (secondary N) is 1. The first-order valence-corrected chi connectivity index (χ1v) is 8.20. The molecule has 2 aromatic rings. The Labute approximate surface area is 155 Å². The van der Waals surface area contributed by atoms with Gasteiger partial charge in [0, 0.05) is 16.8 Å². The minimum Gasteiger partial charge on any atom is -0.452 e. The van der Waals surface area contributed by atoms with Crippen molar-refractivity contribution in [3.8, 4) is 0 Å². The standard InChI is InChI=1S/C18H17ClN2O5/c1-3-12-6-4-5-11(2)17(12)20-16(22)10-26-18(23)14-9-13(19)7-8-15(14)21(24)25/h4-9H,3,10H2,1-2H3,(H,20,22). The Bertz CT molecular complexity index is 867. The number of nitro groups is 1. The third-order valence-corrected chi connectivity index (χ3v) is 3.95. The molecule has 1 amide bonds. The van der Waals surface area contributed by atoms with Gasteiger partial charge in [0.2, 0.25) is 0 Å². The van der Waals surface area contributed by atoms with Crippen LogP contribution in [0.5, 0.6) is 0 Å². The van der Waals surface area contributed by atoms with E-state index in [0.29, 0.717) is 5.69 Å².